The number of hydrogen-bond acceptors (Lipinski definition) is 6. The van der Waals surface area contributed by atoms with E-state index in [4.69, 9.17) is 4.74 Å². The molecule has 1 saturated heterocycles. The van der Waals surface area contributed by atoms with Crippen LogP contribution in [0.3, 0.4) is 0 Å². The van der Waals surface area contributed by atoms with E-state index >= 15 is 0 Å². The zero-order valence-electron chi connectivity index (χ0n) is 22.5. The normalized spacial score (nSPS) is 28.9. The lowest BCUT2D eigenvalue weighted by Crippen LogP contribution is -2.64. The maximum atomic E-state index is 13.0. The molecule has 0 spiro atoms. The average Bonchev–Trinajstić information content (AvgIpc) is 2.99. The van der Waals surface area contributed by atoms with E-state index < -0.39 is 43.2 Å². The second kappa shape index (κ2) is 13.2. The summed E-state index contributed by atoms with van der Waals surface area (Å²) in [7, 11) is -0.278. The van der Waals surface area contributed by atoms with Crippen molar-refractivity contribution >= 4 is 19.1 Å². The number of nitrogens with one attached hydrogen (secondary N) is 1. The van der Waals surface area contributed by atoms with Crippen molar-refractivity contribution in [1.82, 2.24) is 5.32 Å². The van der Waals surface area contributed by atoms with Gasteiger partial charge in [0.15, 0.2) is 6.29 Å². The fourth-order valence-corrected chi connectivity index (χ4v) is 10.6. The highest BCUT2D eigenvalue weighted by Gasteiger charge is 2.44. The van der Waals surface area contributed by atoms with Gasteiger partial charge in [0.25, 0.3) is 5.91 Å². The number of aliphatic hydroxyl groups is 4. The van der Waals surface area contributed by atoms with Crippen LogP contribution in [-0.2, 0) is 4.74 Å². The third-order valence-electron chi connectivity index (χ3n) is 8.77. The van der Waals surface area contributed by atoms with Crippen LogP contribution in [0, 0.1) is 0 Å². The highest BCUT2D eigenvalue weighted by atomic mass is 31.1. The van der Waals surface area contributed by atoms with Gasteiger partial charge < -0.3 is 30.5 Å². The minimum absolute atomic E-state index is 0.278. The number of hydrogen-bond donors (Lipinski definition) is 5. The minimum Gasteiger partial charge on any atom is -0.394 e. The summed E-state index contributed by atoms with van der Waals surface area (Å²) in [5, 5.41) is 44.1. The summed E-state index contributed by atoms with van der Waals surface area (Å²) < 4.78 is 5.16. The Morgan fingerprint density at radius 1 is 0.821 bits per heavy atom. The van der Waals surface area contributed by atoms with E-state index in [1.807, 2.05) is 12.1 Å². The van der Waals surface area contributed by atoms with Crippen LogP contribution in [0.4, 0.5) is 0 Å². The van der Waals surface area contributed by atoms with Crippen molar-refractivity contribution in [2.75, 3.05) is 6.61 Å². The van der Waals surface area contributed by atoms with E-state index in [1.165, 1.54) is 75.1 Å². The van der Waals surface area contributed by atoms with Crippen molar-refractivity contribution in [2.24, 2.45) is 0 Å². The van der Waals surface area contributed by atoms with E-state index in [9.17, 15) is 25.2 Å². The third-order valence-corrected chi connectivity index (χ3v) is 12.3. The summed E-state index contributed by atoms with van der Waals surface area (Å²) in [4.78, 5) is 13.0. The van der Waals surface area contributed by atoms with Crippen LogP contribution in [0.2, 0.25) is 0 Å². The second-order valence-corrected chi connectivity index (χ2v) is 14.1. The van der Waals surface area contributed by atoms with Gasteiger partial charge in [-0.2, -0.15) is 0 Å². The minimum atomic E-state index is -1.55. The molecule has 5 atom stereocenters. The second-order valence-electron chi connectivity index (χ2n) is 11.3. The van der Waals surface area contributed by atoms with Gasteiger partial charge in [-0.3, -0.25) is 4.79 Å². The number of carbonyl (C=O) groups excluding carboxylic acids is 1. The molecule has 1 aliphatic heterocycles. The fraction of sp³-hybridized carbons (Fsp3) is 0.581. The number of aliphatic hydroxyl groups excluding tert-OH is 4. The number of rotatable bonds is 7. The molecule has 5 N–H and O–H groups in total. The zero-order valence-corrected chi connectivity index (χ0v) is 23.4. The van der Waals surface area contributed by atoms with Crippen LogP contribution < -0.4 is 10.6 Å². The van der Waals surface area contributed by atoms with Crippen molar-refractivity contribution < 1.29 is 30.0 Å². The van der Waals surface area contributed by atoms with Crippen molar-refractivity contribution in [3.05, 3.63) is 54.1 Å². The Bertz CT molecular complexity index is 1070. The summed E-state index contributed by atoms with van der Waals surface area (Å²) in [6, 6.07) is 15.1. The number of carbonyl (C=O) groups is 1. The van der Waals surface area contributed by atoms with Crippen LogP contribution in [0.15, 0.2) is 48.5 Å². The van der Waals surface area contributed by atoms with Gasteiger partial charge in [-0.15, -0.1) is 0 Å². The highest BCUT2D eigenvalue weighted by Crippen LogP contribution is 2.56. The third kappa shape index (κ3) is 6.40. The molecule has 8 heteroatoms. The molecule has 5 rings (SSSR count). The molecule has 2 aliphatic carbocycles. The smallest absolute Gasteiger partial charge is 0.251 e. The highest BCUT2D eigenvalue weighted by molar-refractivity contribution is 7.67. The van der Waals surface area contributed by atoms with E-state index in [1.54, 1.807) is 12.1 Å². The SMILES string of the molecule is O=C(NC1C(O)[C@H](O)C(CO)O[C@H]1O)c1ccc(-c2ccccc2P(C2CCCCC2)C2CCCCC2)cc1. The lowest BCUT2D eigenvalue weighted by molar-refractivity contribution is -0.252. The molecule has 3 aliphatic rings. The maximum absolute atomic E-state index is 13.0. The van der Waals surface area contributed by atoms with Gasteiger partial charge in [-0.05, 0) is 65.6 Å². The molecule has 0 aromatic heterocycles. The first-order valence-corrected chi connectivity index (χ1v) is 16.0. The maximum Gasteiger partial charge on any atom is 0.251 e. The summed E-state index contributed by atoms with van der Waals surface area (Å²) in [6.45, 7) is -0.553. The molecule has 7 nitrogen and oxygen atoms in total. The van der Waals surface area contributed by atoms with E-state index in [-0.39, 0.29) is 7.92 Å². The molecule has 3 fully saturated rings. The van der Waals surface area contributed by atoms with E-state index in [0.717, 1.165) is 16.9 Å². The van der Waals surface area contributed by atoms with Crippen LogP contribution in [0.1, 0.15) is 74.6 Å². The zero-order chi connectivity index (χ0) is 27.4. The molecule has 39 heavy (non-hydrogen) atoms. The first-order valence-electron chi connectivity index (χ1n) is 14.6. The molecule has 1 amide bonds. The molecule has 0 radical (unpaired) electrons. The van der Waals surface area contributed by atoms with Crippen LogP contribution in [0.25, 0.3) is 11.1 Å². The summed E-state index contributed by atoms with van der Waals surface area (Å²) in [6.07, 6.45) is 7.88. The van der Waals surface area contributed by atoms with Crippen molar-refractivity contribution in [3.8, 4) is 11.1 Å². The Hall–Kier alpha value is -1.86. The first kappa shape index (κ1) is 28.7. The summed E-state index contributed by atoms with van der Waals surface area (Å²) in [5.41, 5.74) is 4.31. The van der Waals surface area contributed by atoms with Gasteiger partial charge >= 0.3 is 0 Å². The van der Waals surface area contributed by atoms with Gasteiger partial charge in [0.1, 0.15) is 24.4 Å². The number of benzene rings is 2. The van der Waals surface area contributed by atoms with Crippen molar-refractivity contribution in [1.29, 1.82) is 0 Å². The molecule has 3 unspecified atom stereocenters. The topological polar surface area (TPSA) is 119 Å². The van der Waals surface area contributed by atoms with Crippen LogP contribution in [-0.4, -0.2) is 74.9 Å². The standard InChI is InChI=1S/C31H42NO6P/c33-19-25-28(34)29(35)27(31(37)38-25)32-30(36)21-17-15-20(16-18-21)24-13-7-8-14-26(24)39(22-9-3-1-4-10-22)23-11-5-2-6-12-23/h7-8,13-18,22-23,25,27-29,31,33-35,37H,1-6,9-12,19H2,(H,32,36)/t25?,27?,28-,29?,31-/m1/s1. The van der Waals surface area contributed by atoms with E-state index in [2.05, 4.69) is 29.6 Å². The Labute approximate surface area is 232 Å². The largest absolute Gasteiger partial charge is 0.394 e. The molecule has 2 saturated carbocycles. The van der Waals surface area contributed by atoms with Gasteiger partial charge in [-0.1, -0.05) is 82.8 Å². The summed E-state index contributed by atoms with van der Waals surface area (Å²) in [5.74, 6) is -0.483. The quantitative estimate of drug-likeness (QED) is 0.333. The average molecular weight is 556 g/mol. The summed E-state index contributed by atoms with van der Waals surface area (Å²) >= 11 is 0. The lowest BCUT2D eigenvalue weighted by atomic mass is 9.96. The molecule has 2 aromatic carbocycles. The van der Waals surface area contributed by atoms with Crippen molar-refractivity contribution in [2.45, 2.75) is 106 Å². The van der Waals surface area contributed by atoms with Crippen molar-refractivity contribution in [3.63, 3.8) is 0 Å². The molecule has 1 heterocycles. The predicted molar refractivity (Wildman–Crippen MR) is 153 cm³/mol. The molecule has 212 valence electrons. The van der Waals surface area contributed by atoms with E-state index in [0.29, 0.717) is 5.56 Å². The molecular weight excluding hydrogens is 513 g/mol. The van der Waals surface area contributed by atoms with Gasteiger partial charge in [0.05, 0.1) is 6.61 Å². The monoisotopic (exact) mass is 555 g/mol. The Morgan fingerprint density at radius 3 is 2.00 bits per heavy atom. The number of ether oxygens (including phenoxy) is 1. The van der Waals surface area contributed by atoms with Crippen LogP contribution in [0.5, 0.6) is 0 Å². The Balaban J connectivity index is 1.36. The number of amides is 1. The Morgan fingerprint density at radius 2 is 1.41 bits per heavy atom. The molecule has 2 aromatic rings. The Kier molecular flexibility index (Phi) is 9.70. The lowest BCUT2D eigenvalue weighted by Gasteiger charge is -2.40. The molecular formula is C31H42NO6P. The van der Waals surface area contributed by atoms with Gasteiger partial charge in [0, 0.05) is 5.56 Å². The van der Waals surface area contributed by atoms with Gasteiger partial charge in [0.2, 0.25) is 0 Å². The predicted octanol–water partition coefficient (Wildman–Crippen LogP) is 3.66. The molecule has 0 bridgehead atoms. The van der Waals surface area contributed by atoms with Crippen LogP contribution >= 0.6 is 7.92 Å². The van der Waals surface area contributed by atoms with Gasteiger partial charge in [-0.25, -0.2) is 0 Å². The first-order chi connectivity index (χ1) is 19.0. The fourth-order valence-electron chi connectivity index (χ4n) is 6.64.